The summed E-state index contributed by atoms with van der Waals surface area (Å²) >= 11 is 0. The van der Waals surface area contributed by atoms with Gasteiger partial charge in [0, 0.05) is 13.3 Å². The summed E-state index contributed by atoms with van der Waals surface area (Å²) in [6, 6.07) is 0. The van der Waals surface area contributed by atoms with E-state index in [-0.39, 0.29) is 6.42 Å². The molecule has 0 saturated heterocycles. The molecule has 1 rings (SSSR count). The van der Waals surface area contributed by atoms with E-state index in [0.717, 1.165) is 5.57 Å². The zero-order valence-electron chi connectivity index (χ0n) is 8.93. The molecule has 2 N–H and O–H groups in total. The van der Waals surface area contributed by atoms with Gasteiger partial charge in [0.15, 0.2) is 0 Å². The Bertz CT molecular complexity index is 306. The first-order chi connectivity index (χ1) is 6.91. The van der Waals surface area contributed by atoms with E-state index in [0.29, 0.717) is 5.57 Å². The molecule has 0 aromatic carbocycles. The minimum atomic E-state index is -0.928. The molecular weight excluding hydrogens is 196 g/mol. The summed E-state index contributed by atoms with van der Waals surface area (Å²) in [5.41, 5.74) is 1.37. The summed E-state index contributed by atoms with van der Waals surface area (Å²) in [6.07, 6.45) is -0.707. The van der Waals surface area contributed by atoms with Crippen LogP contribution in [0.1, 0.15) is 20.3 Å². The van der Waals surface area contributed by atoms with Gasteiger partial charge in [-0.1, -0.05) is 12.7 Å². The Morgan fingerprint density at radius 1 is 1.60 bits per heavy atom. The second kappa shape index (κ2) is 4.59. The van der Waals surface area contributed by atoms with E-state index in [2.05, 4.69) is 6.58 Å². The average Bonchev–Trinajstić information content (AvgIpc) is 2.20. The highest BCUT2D eigenvalue weighted by molar-refractivity contribution is 5.66. The lowest BCUT2D eigenvalue weighted by atomic mass is 10.0. The minimum absolute atomic E-state index is 0.174. The van der Waals surface area contributed by atoms with Crippen molar-refractivity contribution in [3.8, 4) is 0 Å². The molecule has 0 aromatic heterocycles. The maximum absolute atomic E-state index is 10.8. The van der Waals surface area contributed by atoms with Crippen LogP contribution >= 0.6 is 0 Å². The maximum atomic E-state index is 10.8. The molecule has 1 aliphatic carbocycles. The van der Waals surface area contributed by atoms with Crippen molar-refractivity contribution in [1.82, 2.24) is 0 Å². The second-order valence-corrected chi connectivity index (χ2v) is 3.77. The SMILES string of the molecule is C=C1C(C)=C[C@H](O)[C@@H](O)C[C@@H]1OC(C)=O. The van der Waals surface area contributed by atoms with Crippen LogP contribution in [0.4, 0.5) is 0 Å². The van der Waals surface area contributed by atoms with E-state index in [9.17, 15) is 15.0 Å². The average molecular weight is 212 g/mol. The Hall–Kier alpha value is -1.13. The highest BCUT2D eigenvalue weighted by Crippen LogP contribution is 2.25. The zero-order valence-corrected chi connectivity index (χ0v) is 8.93. The summed E-state index contributed by atoms with van der Waals surface area (Å²) < 4.78 is 5.02. The van der Waals surface area contributed by atoms with Gasteiger partial charge < -0.3 is 14.9 Å². The lowest BCUT2D eigenvalue weighted by Crippen LogP contribution is -2.29. The van der Waals surface area contributed by atoms with Crippen LogP contribution in [-0.4, -0.2) is 34.5 Å². The third kappa shape index (κ3) is 2.91. The van der Waals surface area contributed by atoms with E-state index in [1.165, 1.54) is 13.0 Å². The molecule has 3 atom stereocenters. The number of esters is 1. The number of aliphatic hydroxyl groups excluding tert-OH is 2. The smallest absolute Gasteiger partial charge is 0.303 e. The number of carbonyl (C=O) groups is 1. The molecule has 4 heteroatoms. The fraction of sp³-hybridized carbons (Fsp3) is 0.545. The van der Waals surface area contributed by atoms with Crippen LogP contribution in [0.5, 0.6) is 0 Å². The number of ether oxygens (including phenoxy) is 1. The van der Waals surface area contributed by atoms with Gasteiger partial charge >= 0.3 is 5.97 Å². The number of hydrogen-bond acceptors (Lipinski definition) is 4. The van der Waals surface area contributed by atoms with Crippen molar-refractivity contribution in [2.75, 3.05) is 0 Å². The number of aliphatic hydroxyl groups is 2. The predicted octanol–water partition coefficient (Wildman–Crippen LogP) is 0.546. The molecule has 4 nitrogen and oxygen atoms in total. The highest BCUT2D eigenvalue weighted by Gasteiger charge is 2.28. The van der Waals surface area contributed by atoms with Gasteiger partial charge in [0.25, 0.3) is 0 Å². The van der Waals surface area contributed by atoms with E-state index in [1.807, 2.05) is 0 Å². The fourth-order valence-electron chi connectivity index (χ4n) is 1.55. The van der Waals surface area contributed by atoms with Crippen molar-refractivity contribution in [3.05, 3.63) is 23.8 Å². The molecule has 0 aromatic rings. The largest absolute Gasteiger partial charge is 0.458 e. The third-order valence-corrected chi connectivity index (χ3v) is 2.47. The molecule has 0 saturated carbocycles. The van der Waals surface area contributed by atoms with E-state index < -0.39 is 24.3 Å². The summed E-state index contributed by atoms with van der Waals surface area (Å²) in [6.45, 7) is 6.86. The van der Waals surface area contributed by atoms with Gasteiger partial charge in [0.1, 0.15) is 6.10 Å². The van der Waals surface area contributed by atoms with Gasteiger partial charge in [-0.25, -0.2) is 0 Å². The van der Waals surface area contributed by atoms with Crippen LogP contribution in [0.25, 0.3) is 0 Å². The fourth-order valence-corrected chi connectivity index (χ4v) is 1.55. The Morgan fingerprint density at radius 3 is 2.73 bits per heavy atom. The molecule has 1 aliphatic rings. The van der Waals surface area contributed by atoms with Crippen LogP contribution in [0.3, 0.4) is 0 Å². The Balaban J connectivity index is 2.86. The van der Waals surface area contributed by atoms with Crippen LogP contribution in [0.2, 0.25) is 0 Å². The van der Waals surface area contributed by atoms with Crippen LogP contribution in [-0.2, 0) is 9.53 Å². The van der Waals surface area contributed by atoms with Crippen molar-refractivity contribution >= 4 is 5.97 Å². The molecule has 0 bridgehead atoms. The monoisotopic (exact) mass is 212 g/mol. The number of carbonyl (C=O) groups excluding carboxylic acids is 1. The normalized spacial score (nSPS) is 31.9. The van der Waals surface area contributed by atoms with Crippen LogP contribution in [0, 0.1) is 0 Å². The molecule has 84 valence electrons. The summed E-state index contributed by atoms with van der Waals surface area (Å²) in [5, 5.41) is 19.0. The van der Waals surface area contributed by atoms with Crippen molar-refractivity contribution in [1.29, 1.82) is 0 Å². The van der Waals surface area contributed by atoms with Gasteiger partial charge in [0.2, 0.25) is 0 Å². The van der Waals surface area contributed by atoms with Gasteiger partial charge in [-0.2, -0.15) is 0 Å². The van der Waals surface area contributed by atoms with Crippen LogP contribution < -0.4 is 0 Å². The summed E-state index contributed by atoms with van der Waals surface area (Å²) in [5.74, 6) is -0.419. The molecule has 0 aliphatic heterocycles. The van der Waals surface area contributed by atoms with Gasteiger partial charge in [-0.15, -0.1) is 0 Å². The van der Waals surface area contributed by atoms with Crippen molar-refractivity contribution in [2.45, 2.75) is 38.6 Å². The van der Waals surface area contributed by atoms with Gasteiger partial charge in [-0.3, -0.25) is 4.79 Å². The lowest BCUT2D eigenvalue weighted by molar-refractivity contribution is -0.146. The highest BCUT2D eigenvalue weighted by atomic mass is 16.5. The third-order valence-electron chi connectivity index (χ3n) is 2.47. The number of hydrogen-bond donors (Lipinski definition) is 2. The summed E-state index contributed by atoms with van der Waals surface area (Å²) in [7, 11) is 0. The molecule has 0 heterocycles. The first kappa shape index (κ1) is 11.9. The van der Waals surface area contributed by atoms with Crippen molar-refractivity contribution in [3.63, 3.8) is 0 Å². The molecule has 0 unspecified atom stereocenters. The Morgan fingerprint density at radius 2 is 2.20 bits per heavy atom. The molecule has 0 spiro atoms. The molecular formula is C11H16O4. The van der Waals surface area contributed by atoms with E-state index >= 15 is 0 Å². The lowest BCUT2D eigenvalue weighted by Gasteiger charge is -2.20. The molecule has 0 radical (unpaired) electrons. The van der Waals surface area contributed by atoms with Crippen molar-refractivity contribution < 1.29 is 19.7 Å². The summed E-state index contributed by atoms with van der Waals surface area (Å²) in [4.78, 5) is 10.8. The van der Waals surface area contributed by atoms with Gasteiger partial charge in [0.05, 0.1) is 12.2 Å². The quantitative estimate of drug-likeness (QED) is 0.623. The second-order valence-electron chi connectivity index (χ2n) is 3.77. The maximum Gasteiger partial charge on any atom is 0.303 e. The topological polar surface area (TPSA) is 66.8 Å². The first-order valence-corrected chi connectivity index (χ1v) is 4.82. The van der Waals surface area contributed by atoms with Crippen molar-refractivity contribution in [2.24, 2.45) is 0 Å². The van der Waals surface area contributed by atoms with Crippen LogP contribution in [0.15, 0.2) is 23.8 Å². The van der Waals surface area contributed by atoms with E-state index in [1.54, 1.807) is 6.92 Å². The molecule has 0 amide bonds. The minimum Gasteiger partial charge on any atom is -0.458 e. The molecule has 15 heavy (non-hydrogen) atoms. The zero-order chi connectivity index (χ0) is 11.6. The Kier molecular flexibility index (Phi) is 3.66. The predicted molar refractivity (Wildman–Crippen MR) is 55.1 cm³/mol. The standard InChI is InChI=1S/C11H16O4/c1-6-4-9(13)10(14)5-11(7(6)2)15-8(3)12/h4,9-11,13-14H,2,5H2,1,3H3/t9-,10-,11-/m0/s1. The molecule has 0 fully saturated rings. The Labute approximate surface area is 88.9 Å². The first-order valence-electron chi connectivity index (χ1n) is 4.82. The van der Waals surface area contributed by atoms with E-state index in [4.69, 9.17) is 4.74 Å². The van der Waals surface area contributed by atoms with Gasteiger partial charge in [-0.05, 0) is 18.1 Å². The number of rotatable bonds is 1.